The third-order valence-electron chi connectivity index (χ3n) is 5.93. The number of esters is 1. The smallest absolute Gasteiger partial charge is 0.313 e. The topological polar surface area (TPSA) is 48.0 Å². The van der Waals surface area contributed by atoms with Gasteiger partial charge in [-0.2, -0.15) is 0 Å². The fourth-order valence-electron chi connectivity index (χ4n) is 4.45. The average Bonchev–Trinajstić information content (AvgIpc) is 3.12. The summed E-state index contributed by atoms with van der Waals surface area (Å²) in [7, 11) is 0. The Bertz CT molecular complexity index is 665. The molecule has 140 valence electrons. The summed E-state index contributed by atoms with van der Waals surface area (Å²) >= 11 is 0. The number of benzene rings is 1. The highest BCUT2D eigenvalue weighted by molar-refractivity contribution is 5.81. The van der Waals surface area contributed by atoms with Crippen molar-refractivity contribution in [3.8, 4) is 5.75 Å². The van der Waals surface area contributed by atoms with Crippen LogP contribution in [0.4, 0.5) is 0 Å². The van der Waals surface area contributed by atoms with Crippen LogP contribution < -0.4 is 4.74 Å². The quantitative estimate of drug-likeness (QED) is 0.578. The minimum atomic E-state index is -0.393. The standard InChI is InChI=1S/C21H27NO4/c1-16-12-18-15-26-20(23)21(18,13-16)14-17-2-4-19(5-3-17)25-11-8-22-6-9-24-10-7-22/h2-5,18H,1,6-15H2. The maximum Gasteiger partial charge on any atom is 0.313 e. The van der Waals surface area contributed by atoms with Gasteiger partial charge in [0.1, 0.15) is 12.4 Å². The molecule has 2 aliphatic heterocycles. The van der Waals surface area contributed by atoms with E-state index < -0.39 is 5.41 Å². The lowest BCUT2D eigenvalue weighted by molar-refractivity contribution is -0.146. The maximum atomic E-state index is 12.4. The molecule has 4 rings (SSSR count). The number of fused-ring (bicyclic) bond motifs is 1. The molecule has 0 aromatic heterocycles. The predicted molar refractivity (Wildman–Crippen MR) is 98.2 cm³/mol. The number of hydrogen-bond acceptors (Lipinski definition) is 5. The van der Waals surface area contributed by atoms with E-state index in [0.29, 0.717) is 13.2 Å². The van der Waals surface area contributed by atoms with Crippen molar-refractivity contribution in [2.45, 2.75) is 19.3 Å². The first-order valence-electron chi connectivity index (χ1n) is 9.51. The second-order valence-corrected chi connectivity index (χ2v) is 7.71. The molecule has 5 nitrogen and oxygen atoms in total. The molecular weight excluding hydrogens is 330 g/mol. The van der Waals surface area contributed by atoms with Crippen LogP contribution in [0.15, 0.2) is 36.4 Å². The number of allylic oxidation sites excluding steroid dienone is 1. The second-order valence-electron chi connectivity index (χ2n) is 7.71. The van der Waals surface area contributed by atoms with E-state index in [1.807, 2.05) is 12.1 Å². The van der Waals surface area contributed by atoms with Crippen LogP contribution in [0.1, 0.15) is 18.4 Å². The van der Waals surface area contributed by atoms with Gasteiger partial charge in [-0.3, -0.25) is 9.69 Å². The van der Waals surface area contributed by atoms with Crippen molar-refractivity contribution in [2.24, 2.45) is 11.3 Å². The van der Waals surface area contributed by atoms with Crippen LogP contribution in [0.5, 0.6) is 5.75 Å². The van der Waals surface area contributed by atoms with Gasteiger partial charge in [0.15, 0.2) is 0 Å². The molecule has 2 saturated heterocycles. The molecule has 2 unspecified atom stereocenters. The Labute approximate surface area is 154 Å². The van der Waals surface area contributed by atoms with Crippen LogP contribution in [0.2, 0.25) is 0 Å². The van der Waals surface area contributed by atoms with Gasteiger partial charge in [-0.1, -0.05) is 24.3 Å². The molecule has 2 atom stereocenters. The van der Waals surface area contributed by atoms with Crippen LogP contribution in [-0.2, 0) is 20.7 Å². The van der Waals surface area contributed by atoms with Crippen molar-refractivity contribution in [3.05, 3.63) is 42.0 Å². The molecule has 0 radical (unpaired) electrons. The van der Waals surface area contributed by atoms with Crippen molar-refractivity contribution in [1.82, 2.24) is 4.90 Å². The monoisotopic (exact) mass is 357 g/mol. The van der Waals surface area contributed by atoms with Gasteiger partial charge in [-0.15, -0.1) is 0 Å². The van der Waals surface area contributed by atoms with E-state index in [0.717, 1.165) is 63.4 Å². The first-order valence-corrected chi connectivity index (χ1v) is 9.51. The van der Waals surface area contributed by atoms with Gasteiger partial charge in [0.2, 0.25) is 0 Å². The number of rotatable bonds is 6. The zero-order valence-corrected chi connectivity index (χ0v) is 15.2. The number of carbonyl (C=O) groups excluding carboxylic acids is 1. The van der Waals surface area contributed by atoms with E-state index in [-0.39, 0.29) is 11.9 Å². The van der Waals surface area contributed by atoms with E-state index in [9.17, 15) is 4.79 Å². The van der Waals surface area contributed by atoms with Crippen molar-refractivity contribution < 1.29 is 19.0 Å². The van der Waals surface area contributed by atoms with Crippen LogP contribution in [0.25, 0.3) is 0 Å². The molecule has 1 aromatic rings. The van der Waals surface area contributed by atoms with Crippen molar-refractivity contribution >= 4 is 5.97 Å². The molecule has 1 aliphatic carbocycles. The predicted octanol–water partition coefficient (Wildman–Crippen LogP) is 2.45. The second kappa shape index (κ2) is 7.41. The minimum absolute atomic E-state index is 0.0491. The normalized spacial score (nSPS) is 28.8. The maximum absolute atomic E-state index is 12.4. The van der Waals surface area contributed by atoms with Gasteiger partial charge < -0.3 is 14.2 Å². The molecule has 5 heteroatoms. The summed E-state index contributed by atoms with van der Waals surface area (Å²) in [5.41, 5.74) is 1.94. The van der Waals surface area contributed by atoms with E-state index in [4.69, 9.17) is 14.2 Å². The largest absolute Gasteiger partial charge is 0.492 e. The van der Waals surface area contributed by atoms with Crippen LogP contribution in [0.3, 0.4) is 0 Å². The first kappa shape index (κ1) is 17.6. The van der Waals surface area contributed by atoms with E-state index in [1.165, 1.54) is 5.57 Å². The zero-order valence-electron chi connectivity index (χ0n) is 15.2. The molecule has 0 bridgehead atoms. The van der Waals surface area contributed by atoms with Gasteiger partial charge in [0.05, 0.1) is 25.2 Å². The van der Waals surface area contributed by atoms with Crippen LogP contribution >= 0.6 is 0 Å². The Hall–Kier alpha value is -1.85. The summed E-state index contributed by atoms with van der Waals surface area (Å²) in [4.78, 5) is 14.7. The highest BCUT2D eigenvalue weighted by atomic mass is 16.5. The lowest BCUT2D eigenvalue weighted by Crippen LogP contribution is -2.38. The Balaban J connectivity index is 1.33. The summed E-state index contributed by atoms with van der Waals surface area (Å²) in [6.45, 7) is 9.83. The highest BCUT2D eigenvalue weighted by Gasteiger charge is 2.55. The summed E-state index contributed by atoms with van der Waals surface area (Å²) < 4.78 is 16.6. The van der Waals surface area contributed by atoms with Crippen LogP contribution in [-0.4, -0.2) is 56.9 Å². The molecule has 26 heavy (non-hydrogen) atoms. The third-order valence-corrected chi connectivity index (χ3v) is 5.93. The molecule has 1 saturated carbocycles. The minimum Gasteiger partial charge on any atom is -0.492 e. The van der Waals surface area contributed by atoms with Crippen molar-refractivity contribution in [1.29, 1.82) is 0 Å². The highest BCUT2D eigenvalue weighted by Crippen LogP contribution is 2.52. The molecule has 1 aromatic carbocycles. The molecule has 3 aliphatic rings. The Morgan fingerprint density at radius 1 is 1.23 bits per heavy atom. The number of hydrogen-bond donors (Lipinski definition) is 0. The van der Waals surface area contributed by atoms with Crippen molar-refractivity contribution in [2.75, 3.05) is 46.1 Å². The first-order chi connectivity index (χ1) is 12.7. The average molecular weight is 357 g/mol. The Morgan fingerprint density at radius 2 is 2.00 bits per heavy atom. The molecule has 0 N–H and O–H groups in total. The lowest BCUT2D eigenvalue weighted by Gasteiger charge is -2.26. The summed E-state index contributed by atoms with van der Waals surface area (Å²) in [6, 6.07) is 8.15. The Morgan fingerprint density at radius 3 is 2.77 bits per heavy atom. The molecule has 0 spiro atoms. The third kappa shape index (κ3) is 3.51. The van der Waals surface area contributed by atoms with E-state index in [2.05, 4.69) is 23.6 Å². The van der Waals surface area contributed by atoms with Crippen LogP contribution in [0, 0.1) is 11.3 Å². The van der Waals surface area contributed by atoms with Gasteiger partial charge >= 0.3 is 5.97 Å². The number of carbonyl (C=O) groups is 1. The summed E-state index contributed by atoms with van der Waals surface area (Å²) in [5.74, 6) is 1.11. The molecule has 0 amide bonds. The number of morpholine rings is 1. The van der Waals surface area contributed by atoms with Gasteiger partial charge in [-0.05, 0) is 37.0 Å². The number of ether oxygens (including phenoxy) is 3. The van der Waals surface area contributed by atoms with Gasteiger partial charge in [0, 0.05) is 25.6 Å². The summed E-state index contributed by atoms with van der Waals surface area (Å²) in [5, 5.41) is 0. The van der Waals surface area contributed by atoms with E-state index >= 15 is 0 Å². The SMILES string of the molecule is C=C1CC2COC(=O)C2(Cc2ccc(OCCN3CCOCC3)cc2)C1. The molecule has 2 heterocycles. The Kier molecular flexibility index (Phi) is 5.00. The molecular formula is C21H27NO4. The molecule has 3 fully saturated rings. The fraction of sp³-hybridized carbons (Fsp3) is 0.571. The zero-order chi connectivity index (χ0) is 18.0. The number of cyclic esters (lactones) is 1. The fourth-order valence-corrected chi connectivity index (χ4v) is 4.45. The number of nitrogens with zero attached hydrogens (tertiary/aromatic N) is 1. The van der Waals surface area contributed by atoms with E-state index in [1.54, 1.807) is 0 Å². The lowest BCUT2D eigenvalue weighted by atomic mass is 9.75. The van der Waals surface area contributed by atoms with Gasteiger partial charge in [-0.25, -0.2) is 0 Å². The summed E-state index contributed by atoms with van der Waals surface area (Å²) in [6.07, 6.45) is 2.40. The van der Waals surface area contributed by atoms with Crippen molar-refractivity contribution in [3.63, 3.8) is 0 Å². The van der Waals surface area contributed by atoms with Gasteiger partial charge in [0.25, 0.3) is 0 Å².